The molecule has 2 amide bonds. The molecular formula is C14H16F2N2O3. The fraction of sp³-hybridized carbons (Fsp3) is 0.429. The summed E-state index contributed by atoms with van der Waals surface area (Å²) < 4.78 is 25.9. The van der Waals surface area contributed by atoms with Crippen LogP contribution in [0.25, 0.3) is 0 Å². The standard InChI is InChI=1S/C14H16F2N2O3/c1-8-4-9(13(19)20)7-18(6-8)14(21)17-10-2-3-11(15)12(16)5-10/h2-3,5,8-9H,4,6-7H2,1H3,(H,17,21)(H,19,20). The molecule has 5 nitrogen and oxygen atoms in total. The van der Waals surface area contributed by atoms with Crippen molar-refractivity contribution in [2.45, 2.75) is 13.3 Å². The molecule has 0 radical (unpaired) electrons. The molecule has 1 aromatic carbocycles. The quantitative estimate of drug-likeness (QED) is 0.881. The van der Waals surface area contributed by atoms with Crippen LogP contribution >= 0.6 is 0 Å². The highest BCUT2D eigenvalue weighted by Crippen LogP contribution is 2.23. The summed E-state index contributed by atoms with van der Waals surface area (Å²) in [6.45, 7) is 2.40. The molecule has 1 aliphatic rings. The van der Waals surface area contributed by atoms with Crippen LogP contribution in [0.3, 0.4) is 0 Å². The molecule has 1 aliphatic heterocycles. The van der Waals surface area contributed by atoms with Crippen molar-refractivity contribution in [2.75, 3.05) is 18.4 Å². The number of carboxylic acids is 1. The normalized spacial score (nSPS) is 22.0. The number of nitrogens with zero attached hydrogens (tertiary/aromatic N) is 1. The second-order valence-corrected chi connectivity index (χ2v) is 5.34. The summed E-state index contributed by atoms with van der Waals surface area (Å²) in [4.78, 5) is 24.5. The number of piperidine rings is 1. The summed E-state index contributed by atoms with van der Waals surface area (Å²) >= 11 is 0. The topological polar surface area (TPSA) is 69.6 Å². The van der Waals surface area contributed by atoms with Crippen LogP contribution in [0.5, 0.6) is 0 Å². The number of aliphatic carboxylic acids is 1. The van der Waals surface area contributed by atoms with Crippen LogP contribution < -0.4 is 5.32 Å². The Morgan fingerprint density at radius 3 is 2.62 bits per heavy atom. The van der Waals surface area contributed by atoms with E-state index in [2.05, 4.69) is 5.32 Å². The SMILES string of the molecule is CC1CC(C(=O)O)CN(C(=O)Nc2ccc(F)c(F)c2)C1. The molecule has 114 valence electrons. The van der Waals surface area contributed by atoms with Gasteiger partial charge in [-0.1, -0.05) is 6.92 Å². The van der Waals surface area contributed by atoms with Gasteiger partial charge in [-0.25, -0.2) is 13.6 Å². The van der Waals surface area contributed by atoms with Crippen molar-refractivity contribution in [3.8, 4) is 0 Å². The van der Waals surface area contributed by atoms with Crippen molar-refractivity contribution < 1.29 is 23.5 Å². The zero-order valence-corrected chi connectivity index (χ0v) is 11.5. The van der Waals surface area contributed by atoms with E-state index in [0.29, 0.717) is 13.0 Å². The molecule has 0 aliphatic carbocycles. The summed E-state index contributed by atoms with van der Waals surface area (Å²) in [6, 6.07) is 2.54. The Hall–Kier alpha value is -2.18. The van der Waals surface area contributed by atoms with E-state index >= 15 is 0 Å². The first-order valence-electron chi connectivity index (χ1n) is 6.60. The predicted molar refractivity (Wildman–Crippen MR) is 71.9 cm³/mol. The van der Waals surface area contributed by atoms with E-state index in [-0.39, 0.29) is 18.2 Å². The number of anilines is 1. The summed E-state index contributed by atoms with van der Waals surface area (Å²) in [5, 5.41) is 11.5. The first kappa shape index (κ1) is 15.2. The molecule has 21 heavy (non-hydrogen) atoms. The van der Waals surface area contributed by atoms with E-state index < -0.39 is 29.6 Å². The Morgan fingerprint density at radius 2 is 2.00 bits per heavy atom. The largest absolute Gasteiger partial charge is 0.481 e. The highest BCUT2D eigenvalue weighted by Gasteiger charge is 2.31. The number of rotatable bonds is 2. The molecule has 2 atom stereocenters. The number of hydrogen-bond acceptors (Lipinski definition) is 2. The molecule has 0 spiro atoms. The van der Waals surface area contributed by atoms with Gasteiger partial charge < -0.3 is 15.3 Å². The van der Waals surface area contributed by atoms with Gasteiger partial charge in [-0.15, -0.1) is 0 Å². The molecule has 0 bridgehead atoms. The van der Waals surface area contributed by atoms with Crippen LogP contribution in [0.4, 0.5) is 19.3 Å². The van der Waals surface area contributed by atoms with Crippen molar-refractivity contribution in [2.24, 2.45) is 11.8 Å². The third-order valence-electron chi connectivity index (χ3n) is 3.47. The van der Waals surface area contributed by atoms with Crippen molar-refractivity contribution in [3.05, 3.63) is 29.8 Å². The van der Waals surface area contributed by atoms with Crippen LogP contribution in [0, 0.1) is 23.5 Å². The molecule has 2 N–H and O–H groups in total. The van der Waals surface area contributed by atoms with E-state index in [0.717, 1.165) is 12.1 Å². The molecule has 1 fully saturated rings. The molecule has 7 heteroatoms. The van der Waals surface area contributed by atoms with Gasteiger partial charge in [-0.2, -0.15) is 0 Å². The number of halogens is 2. The number of amides is 2. The summed E-state index contributed by atoms with van der Waals surface area (Å²) in [6.07, 6.45) is 0.518. The number of urea groups is 1. The third kappa shape index (κ3) is 3.68. The molecule has 1 heterocycles. The maximum Gasteiger partial charge on any atom is 0.321 e. The molecule has 0 saturated carbocycles. The van der Waals surface area contributed by atoms with Gasteiger partial charge in [0, 0.05) is 24.8 Å². The van der Waals surface area contributed by atoms with Crippen molar-refractivity contribution in [1.82, 2.24) is 4.90 Å². The van der Waals surface area contributed by atoms with Crippen LogP contribution in [-0.4, -0.2) is 35.1 Å². The third-order valence-corrected chi connectivity index (χ3v) is 3.47. The monoisotopic (exact) mass is 298 g/mol. The molecular weight excluding hydrogens is 282 g/mol. The number of carboxylic acid groups (broad SMARTS) is 1. The van der Waals surface area contributed by atoms with Crippen LogP contribution in [0.15, 0.2) is 18.2 Å². The number of nitrogens with one attached hydrogen (secondary N) is 1. The lowest BCUT2D eigenvalue weighted by Crippen LogP contribution is -2.47. The van der Waals surface area contributed by atoms with E-state index in [1.807, 2.05) is 6.92 Å². The van der Waals surface area contributed by atoms with Gasteiger partial charge >= 0.3 is 12.0 Å². The Balaban J connectivity index is 2.05. The average molecular weight is 298 g/mol. The second-order valence-electron chi connectivity index (χ2n) is 5.34. The Labute approximate surface area is 120 Å². The number of carbonyl (C=O) groups is 2. The van der Waals surface area contributed by atoms with Gasteiger partial charge in [0.05, 0.1) is 5.92 Å². The van der Waals surface area contributed by atoms with Crippen molar-refractivity contribution in [1.29, 1.82) is 0 Å². The highest BCUT2D eigenvalue weighted by molar-refractivity contribution is 5.89. The minimum absolute atomic E-state index is 0.0653. The first-order valence-corrected chi connectivity index (χ1v) is 6.60. The van der Waals surface area contributed by atoms with Crippen molar-refractivity contribution in [3.63, 3.8) is 0 Å². The molecule has 1 saturated heterocycles. The van der Waals surface area contributed by atoms with Gasteiger partial charge in [0.1, 0.15) is 0 Å². The Kier molecular flexibility index (Phi) is 4.40. The average Bonchev–Trinajstić information content (AvgIpc) is 2.42. The number of likely N-dealkylation sites (tertiary alicyclic amines) is 1. The van der Waals surface area contributed by atoms with Gasteiger partial charge in [-0.05, 0) is 24.5 Å². The number of hydrogen-bond donors (Lipinski definition) is 2. The predicted octanol–water partition coefficient (Wildman–Crippen LogP) is 2.54. The van der Waals surface area contributed by atoms with E-state index in [1.54, 1.807) is 0 Å². The summed E-state index contributed by atoms with van der Waals surface area (Å²) in [5.41, 5.74) is 0.129. The molecule has 1 aromatic rings. The first-order chi connectivity index (χ1) is 9.86. The van der Waals surface area contributed by atoms with E-state index in [9.17, 15) is 18.4 Å². The smallest absolute Gasteiger partial charge is 0.321 e. The molecule has 2 unspecified atom stereocenters. The van der Waals surface area contributed by atoms with Crippen LogP contribution in [-0.2, 0) is 4.79 Å². The molecule has 0 aromatic heterocycles. The highest BCUT2D eigenvalue weighted by atomic mass is 19.2. The van der Waals surface area contributed by atoms with Gasteiger partial charge in [0.25, 0.3) is 0 Å². The van der Waals surface area contributed by atoms with Crippen LogP contribution in [0.1, 0.15) is 13.3 Å². The van der Waals surface area contributed by atoms with Gasteiger partial charge in [-0.3, -0.25) is 4.79 Å². The summed E-state index contributed by atoms with van der Waals surface area (Å²) in [5.74, 6) is -3.53. The lowest BCUT2D eigenvalue weighted by Gasteiger charge is -2.34. The maximum absolute atomic E-state index is 13.1. The van der Waals surface area contributed by atoms with Gasteiger partial charge in [0.2, 0.25) is 0 Å². The lowest BCUT2D eigenvalue weighted by atomic mass is 9.91. The minimum atomic E-state index is -1.05. The second kappa shape index (κ2) is 6.07. The minimum Gasteiger partial charge on any atom is -0.481 e. The maximum atomic E-state index is 13.1. The number of benzene rings is 1. The van der Waals surface area contributed by atoms with E-state index in [1.165, 1.54) is 11.0 Å². The molecule has 2 rings (SSSR count). The van der Waals surface area contributed by atoms with E-state index in [4.69, 9.17) is 5.11 Å². The van der Waals surface area contributed by atoms with Crippen molar-refractivity contribution >= 4 is 17.7 Å². The fourth-order valence-corrected chi connectivity index (χ4v) is 2.47. The zero-order valence-electron chi connectivity index (χ0n) is 11.5. The zero-order chi connectivity index (χ0) is 15.6. The Bertz CT molecular complexity index is 565. The Morgan fingerprint density at radius 1 is 1.29 bits per heavy atom. The fourth-order valence-electron chi connectivity index (χ4n) is 2.47. The number of carbonyl (C=O) groups excluding carboxylic acids is 1. The lowest BCUT2D eigenvalue weighted by molar-refractivity contribution is -0.143. The van der Waals surface area contributed by atoms with Gasteiger partial charge in [0.15, 0.2) is 11.6 Å². The summed E-state index contributed by atoms with van der Waals surface area (Å²) in [7, 11) is 0. The van der Waals surface area contributed by atoms with Crippen LogP contribution in [0.2, 0.25) is 0 Å².